The molecule has 0 spiro atoms. The maximum absolute atomic E-state index is 13.5. The van der Waals surface area contributed by atoms with E-state index in [2.05, 4.69) is 20.6 Å². The van der Waals surface area contributed by atoms with Gasteiger partial charge in [-0.1, -0.05) is 28.9 Å². The first kappa shape index (κ1) is 24.0. The summed E-state index contributed by atoms with van der Waals surface area (Å²) in [6.07, 6.45) is 4.04. The van der Waals surface area contributed by atoms with Crippen LogP contribution in [0.5, 0.6) is 11.6 Å². The molecule has 0 amide bonds. The molecule has 0 aliphatic carbocycles. The van der Waals surface area contributed by atoms with E-state index in [4.69, 9.17) is 25.4 Å². The fourth-order valence-corrected chi connectivity index (χ4v) is 3.74. The van der Waals surface area contributed by atoms with Crippen LogP contribution in [-0.2, 0) is 13.0 Å². The van der Waals surface area contributed by atoms with E-state index in [1.54, 1.807) is 49.4 Å². The molecule has 0 atom stereocenters. The van der Waals surface area contributed by atoms with Crippen molar-refractivity contribution in [3.8, 4) is 11.6 Å². The Morgan fingerprint density at radius 2 is 1.86 bits per heavy atom. The van der Waals surface area contributed by atoms with Crippen molar-refractivity contribution in [2.24, 2.45) is 0 Å². The number of benzene rings is 2. The van der Waals surface area contributed by atoms with Crippen molar-refractivity contribution in [2.45, 2.75) is 19.9 Å². The minimum absolute atomic E-state index is 0.136. The van der Waals surface area contributed by atoms with Crippen molar-refractivity contribution in [3.63, 3.8) is 0 Å². The van der Waals surface area contributed by atoms with E-state index < -0.39 is 0 Å². The van der Waals surface area contributed by atoms with Crippen molar-refractivity contribution < 1.29 is 18.6 Å². The second kappa shape index (κ2) is 10.5. The third-order valence-corrected chi connectivity index (χ3v) is 5.77. The van der Waals surface area contributed by atoms with E-state index in [-0.39, 0.29) is 29.9 Å². The molecule has 0 aliphatic heterocycles. The van der Waals surface area contributed by atoms with E-state index in [0.29, 0.717) is 39.6 Å². The quantitative estimate of drug-likeness (QED) is 0.263. The zero-order valence-corrected chi connectivity index (χ0v) is 20.3. The highest BCUT2D eigenvalue weighted by molar-refractivity contribution is 6.30. The second-order valence-electron chi connectivity index (χ2n) is 8.11. The number of aryl methyl sites for hydroxylation is 1. The summed E-state index contributed by atoms with van der Waals surface area (Å²) in [5, 5.41) is 11.1. The summed E-state index contributed by atoms with van der Waals surface area (Å²) < 4.78 is 16.8. The molecule has 0 saturated heterocycles. The third-order valence-electron chi connectivity index (χ3n) is 5.52. The lowest BCUT2D eigenvalue weighted by Crippen LogP contribution is -2.28. The molecular formula is C26H20ClN5O5. The number of anilines is 2. The monoisotopic (exact) mass is 517 g/mol. The highest BCUT2D eigenvalue weighted by atomic mass is 35.5. The van der Waals surface area contributed by atoms with E-state index in [1.807, 2.05) is 12.1 Å². The Labute approximate surface area is 215 Å². The summed E-state index contributed by atoms with van der Waals surface area (Å²) in [6, 6.07) is 15.8. The van der Waals surface area contributed by atoms with Gasteiger partial charge in [-0.15, -0.1) is 0 Å². The molecule has 10 nitrogen and oxygen atoms in total. The predicted molar refractivity (Wildman–Crippen MR) is 135 cm³/mol. The Kier molecular flexibility index (Phi) is 6.82. The van der Waals surface area contributed by atoms with Gasteiger partial charge in [0.1, 0.15) is 17.8 Å². The molecule has 5 aromatic rings. The minimum Gasteiger partial charge on any atom is -0.436 e. The molecule has 3 aromatic heterocycles. The summed E-state index contributed by atoms with van der Waals surface area (Å²) >= 11 is 6.02. The molecule has 0 unspecified atom stereocenters. The van der Waals surface area contributed by atoms with Crippen LogP contribution in [0.25, 0.3) is 0 Å². The lowest BCUT2D eigenvalue weighted by molar-refractivity contribution is 0.0991. The summed E-state index contributed by atoms with van der Waals surface area (Å²) in [5.41, 5.74) is 1.75. The van der Waals surface area contributed by atoms with Crippen LogP contribution in [-0.4, -0.2) is 25.6 Å². The minimum atomic E-state index is -0.346. The Bertz CT molecular complexity index is 1580. The van der Waals surface area contributed by atoms with Crippen LogP contribution >= 0.6 is 11.6 Å². The van der Waals surface area contributed by atoms with Gasteiger partial charge in [-0.3, -0.25) is 14.2 Å². The molecule has 37 heavy (non-hydrogen) atoms. The molecule has 3 heterocycles. The van der Waals surface area contributed by atoms with Crippen LogP contribution in [0.4, 0.5) is 11.6 Å². The van der Waals surface area contributed by atoms with Crippen molar-refractivity contribution in [2.75, 3.05) is 5.32 Å². The van der Waals surface area contributed by atoms with Gasteiger partial charge in [0.15, 0.2) is 5.78 Å². The maximum Gasteiger partial charge on any atom is 0.259 e. The first-order valence-electron chi connectivity index (χ1n) is 11.2. The number of carbonyl (C=O) groups excluding carboxylic acids is 1. The predicted octanol–water partition coefficient (Wildman–Crippen LogP) is 5.19. The normalized spacial score (nSPS) is 10.9. The number of nitrogens with one attached hydrogen (secondary N) is 1. The second-order valence-corrected chi connectivity index (χ2v) is 8.55. The van der Waals surface area contributed by atoms with Crippen molar-refractivity contribution in [1.29, 1.82) is 0 Å². The molecule has 0 radical (unpaired) electrons. The molecule has 0 bridgehead atoms. The van der Waals surface area contributed by atoms with Crippen LogP contribution < -0.4 is 15.6 Å². The number of halogens is 1. The zero-order chi connectivity index (χ0) is 25.8. The fourth-order valence-electron chi connectivity index (χ4n) is 3.62. The van der Waals surface area contributed by atoms with Gasteiger partial charge in [0.05, 0.1) is 18.3 Å². The fraction of sp³-hybridized carbons (Fsp3) is 0.115. The highest BCUT2D eigenvalue weighted by Gasteiger charge is 2.18. The number of nitrogens with zero attached hydrogens (tertiary/aromatic N) is 4. The van der Waals surface area contributed by atoms with Gasteiger partial charge < -0.3 is 19.1 Å². The van der Waals surface area contributed by atoms with Crippen molar-refractivity contribution >= 4 is 29.0 Å². The average Bonchev–Trinajstić information content (AvgIpc) is 3.57. The molecule has 186 valence electrons. The number of Topliss-reactive ketones (excluding diaryl/α,β-unsaturated/α-hetero) is 1. The number of ether oxygens (including phenoxy) is 1. The maximum atomic E-state index is 13.5. The largest absolute Gasteiger partial charge is 0.436 e. The van der Waals surface area contributed by atoms with Crippen LogP contribution in [0, 0.1) is 6.92 Å². The Balaban J connectivity index is 1.43. The smallest absolute Gasteiger partial charge is 0.259 e. The summed E-state index contributed by atoms with van der Waals surface area (Å²) in [7, 11) is 0. The highest BCUT2D eigenvalue weighted by Crippen LogP contribution is 2.23. The molecule has 2 aromatic carbocycles. The van der Waals surface area contributed by atoms with Crippen LogP contribution in [0.1, 0.15) is 27.2 Å². The van der Waals surface area contributed by atoms with Crippen molar-refractivity contribution in [3.05, 3.63) is 111 Å². The van der Waals surface area contributed by atoms with E-state index in [0.717, 1.165) is 5.56 Å². The van der Waals surface area contributed by atoms with Crippen molar-refractivity contribution in [1.82, 2.24) is 19.9 Å². The molecule has 0 saturated carbocycles. The van der Waals surface area contributed by atoms with E-state index in [1.165, 1.54) is 23.2 Å². The summed E-state index contributed by atoms with van der Waals surface area (Å²) in [5.74, 6) is 1.32. The summed E-state index contributed by atoms with van der Waals surface area (Å²) in [6.45, 7) is 1.86. The molecule has 5 rings (SSSR count). The zero-order valence-electron chi connectivity index (χ0n) is 19.6. The number of hydrogen-bond donors (Lipinski definition) is 1. The van der Waals surface area contributed by atoms with Crippen LogP contribution in [0.2, 0.25) is 5.02 Å². The number of ketones is 1. The van der Waals surface area contributed by atoms with Gasteiger partial charge in [0.25, 0.3) is 11.4 Å². The van der Waals surface area contributed by atoms with Gasteiger partial charge in [0.2, 0.25) is 5.95 Å². The average molecular weight is 518 g/mol. The molecule has 11 heteroatoms. The Morgan fingerprint density at radius 3 is 2.54 bits per heavy atom. The van der Waals surface area contributed by atoms with E-state index in [9.17, 15) is 9.59 Å². The molecular weight excluding hydrogens is 498 g/mol. The van der Waals surface area contributed by atoms with Gasteiger partial charge in [-0.25, -0.2) is 4.98 Å². The van der Waals surface area contributed by atoms with Gasteiger partial charge in [-0.2, -0.15) is 0 Å². The number of rotatable bonds is 9. The molecule has 0 fully saturated rings. The Hall–Kier alpha value is -4.70. The van der Waals surface area contributed by atoms with Gasteiger partial charge in [0, 0.05) is 35.0 Å². The number of hydrogen-bond acceptors (Lipinski definition) is 9. The van der Waals surface area contributed by atoms with Gasteiger partial charge >= 0.3 is 0 Å². The lowest BCUT2D eigenvalue weighted by Gasteiger charge is -2.15. The van der Waals surface area contributed by atoms with Crippen LogP contribution in [0.3, 0.4) is 0 Å². The standard InChI is InChI=1S/C26H20ClN5O5/c1-16-22(14-29-37-16)23(33)12-18-13-28-26(32(25(18)34)15-17-2-4-19(27)5-3-17)30-20-6-8-21(9-7-20)36-24-10-11-35-31-24/h2-11,13-14H,12,15H2,1H3,(H,28,30). The lowest BCUT2D eigenvalue weighted by atomic mass is 10.1. The topological polar surface area (TPSA) is 125 Å². The first-order chi connectivity index (χ1) is 18.0. The Morgan fingerprint density at radius 1 is 1.08 bits per heavy atom. The van der Waals surface area contributed by atoms with Gasteiger partial charge in [-0.05, 0) is 54.0 Å². The van der Waals surface area contributed by atoms with E-state index >= 15 is 0 Å². The molecule has 1 N–H and O–H groups in total. The number of aromatic nitrogens is 4. The summed E-state index contributed by atoms with van der Waals surface area (Å²) in [4.78, 5) is 30.7. The SMILES string of the molecule is Cc1oncc1C(=O)Cc1cnc(Nc2ccc(Oc3ccon3)cc2)n(Cc2ccc(Cl)cc2)c1=O. The van der Waals surface area contributed by atoms with Crippen LogP contribution in [0.15, 0.2) is 87.1 Å². The first-order valence-corrected chi connectivity index (χ1v) is 11.6. The molecule has 0 aliphatic rings. The third kappa shape index (κ3) is 5.60. The number of carbonyl (C=O) groups is 1.